The molecule has 58 valence electrons. The van der Waals surface area contributed by atoms with E-state index in [-0.39, 0.29) is 29.6 Å². The molecule has 10 heavy (non-hydrogen) atoms. The van der Waals surface area contributed by atoms with Crippen LogP contribution in [0.5, 0.6) is 0 Å². The van der Waals surface area contributed by atoms with Gasteiger partial charge in [-0.1, -0.05) is 0 Å². The first-order valence-corrected chi connectivity index (χ1v) is 6.12. The molecule has 0 fully saturated rings. The molecule has 0 saturated carbocycles. The van der Waals surface area contributed by atoms with Crippen LogP contribution in [0.15, 0.2) is 0 Å². The van der Waals surface area contributed by atoms with E-state index in [1.54, 1.807) is 0 Å². The molecule has 4 N–H and O–H groups in total. The van der Waals surface area contributed by atoms with Crippen LogP contribution in [0.25, 0.3) is 0 Å². The average molecular weight is 262 g/mol. The van der Waals surface area contributed by atoms with Crippen molar-refractivity contribution in [3.8, 4) is 0 Å². The van der Waals surface area contributed by atoms with Gasteiger partial charge in [0.2, 0.25) is 0 Å². The van der Waals surface area contributed by atoms with Crippen molar-refractivity contribution >= 4 is 35.9 Å². The van der Waals surface area contributed by atoms with Crippen LogP contribution in [0, 0.1) is 0 Å². The van der Waals surface area contributed by atoms with Crippen molar-refractivity contribution in [2.45, 2.75) is 0 Å². The Labute approximate surface area is 90.2 Å². The van der Waals surface area contributed by atoms with Crippen LogP contribution in [-0.4, -0.2) is 37.2 Å². The van der Waals surface area contributed by atoms with E-state index in [9.17, 15) is 0 Å². The summed E-state index contributed by atoms with van der Waals surface area (Å²) in [5.41, 5.74) is 0. The topological polar surface area (TPSA) is 121 Å². The molecule has 6 nitrogen and oxygen atoms in total. The molecule has 0 bridgehead atoms. The SMILES string of the molecule is O=S(O)(O)=S.[Na+].[O-][As](O)O. The first-order chi connectivity index (χ1) is 3.73. The number of hydrogen-bond donors (Lipinski definition) is 4. The van der Waals surface area contributed by atoms with Gasteiger partial charge in [0.05, 0.1) is 0 Å². The zero-order valence-electron chi connectivity index (χ0n) is 4.87. The van der Waals surface area contributed by atoms with Gasteiger partial charge in [0, 0.05) is 11.2 Å². The molecule has 0 aliphatic carbocycles. The van der Waals surface area contributed by atoms with Crippen molar-refractivity contribution in [1.29, 1.82) is 0 Å². The fourth-order valence-corrected chi connectivity index (χ4v) is 0. The Morgan fingerprint density at radius 3 is 1.40 bits per heavy atom. The summed E-state index contributed by atoms with van der Waals surface area (Å²) in [6, 6.07) is 0. The molecule has 0 saturated heterocycles. The molecule has 0 aromatic carbocycles. The maximum absolute atomic E-state index is 9.11. The Hall–Kier alpha value is 1.73. The van der Waals surface area contributed by atoms with Crippen molar-refractivity contribution in [2.24, 2.45) is 0 Å². The molecule has 0 unspecified atom stereocenters. The second-order valence-corrected chi connectivity index (χ2v) is 3.96. The van der Waals surface area contributed by atoms with Crippen LogP contribution >= 0.6 is 0 Å². The van der Waals surface area contributed by atoms with Gasteiger partial charge in [0.25, 0.3) is 9.05 Å². The third kappa shape index (κ3) is 248. The van der Waals surface area contributed by atoms with Gasteiger partial charge in [-0.05, 0) is 0 Å². The van der Waals surface area contributed by atoms with Gasteiger partial charge in [-0.25, -0.2) is 0 Å². The van der Waals surface area contributed by atoms with E-state index in [1.165, 1.54) is 0 Å². The van der Waals surface area contributed by atoms with Crippen LogP contribution in [-0.2, 0) is 20.2 Å². The zero-order valence-corrected chi connectivity index (χ0v) is 10.4. The van der Waals surface area contributed by atoms with Gasteiger partial charge in [0.1, 0.15) is 0 Å². The summed E-state index contributed by atoms with van der Waals surface area (Å²) in [5.74, 6) is 0. The van der Waals surface area contributed by atoms with Gasteiger partial charge in [-0.15, -0.1) is 0 Å². The van der Waals surface area contributed by atoms with Gasteiger partial charge in [-0.2, -0.15) is 4.21 Å². The summed E-state index contributed by atoms with van der Waals surface area (Å²) >= 11 is 0.0278. The molecule has 0 radical (unpaired) electrons. The second-order valence-electron chi connectivity index (χ2n) is 0.701. The third-order valence-corrected chi connectivity index (χ3v) is 0. The van der Waals surface area contributed by atoms with E-state index < -0.39 is 24.7 Å². The maximum atomic E-state index is 9.11. The van der Waals surface area contributed by atoms with Gasteiger partial charge in [0.15, 0.2) is 0 Å². The van der Waals surface area contributed by atoms with Gasteiger partial charge in [-0.3, -0.25) is 9.11 Å². The minimum atomic E-state index is -3.83. The normalized spacial score (nSPS) is 9.40. The summed E-state index contributed by atoms with van der Waals surface area (Å²) in [6.07, 6.45) is 0. The molecule has 0 amide bonds. The van der Waals surface area contributed by atoms with Crippen LogP contribution in [0.3, 0.4) is 0 Å². The van der Waals surface area contributed by atoms with E-state index in [1.807, 2.05) is 0 Å². The quantitative estimate of drug-likeness (QED) is 0.321. The Kier molecular flexibility index (Phi) is 15.6. The summed E-state index contributed by atoms with van der Waals surface area (Å²) in [5, 5.41) is 0. The molecular formula is H4AsNaO6S2. The first-order valence-electron chi connectivity index (χ1n) is 1.28. The summed E-state index contributed by atoms with van der Waals surface area (Å²) in [7, 11) is -3.83. The van der Waals surface area contributed by atoms with Crippen LogP contribution in [0.2, 0.25) is 0 Å². The second kappa shape index (κ2) is 8.82. The number of rotatable bonds is 0. The molecular weight excluding hydrogens is 258 g/mol. The van der Waals surface area contributed by atoms with Crippen molar-refractivity contribution in [1.82, 2.24) is 0 Å². The average Bonchev–Trinajstić information content (AvgIpc) is 1.19. The Morgan fingerprint density at radius 2 is 1.40 bits per heavy atom. The predicted octanol–water partition coefficient (Wildman–Crippen LogP) is -6.00. The minimum absolute atomic E-state index is 0. The van der Waals surface area contributed by atoms with Gasteiger partial charge >= 0.3 is 57.5 Å². The van der Waals surface area contributed by atoms with E-state index in [4.69, 9.17) is 25.6 Å². The first kappa shape index (κ1) is 17.7. The molecule has 0 aliphatic heterocycles. The third-order valence-electron chi connectivity index (χ3n) is 0. The molecule has 0 spiro atoms. The summed E-state index contributed by atoms with van der Waals surface area (Å²) in [4.78, 5) is 0. The van der Waals surface area contributed by atoms with Crippen molar-refractivity contribution in [2.75, 3.05) is 0 Å². The molecule has 0 aliphatic rings. The van der Waals surface area contributed by atoms with E-state index in [0.717, 1.165) is 0 Å². The zero-order chi connectivity index (χ0) is 8.08. The van der Waals surface area contributed by atoms with Gasteiger partial charge < -0.3 is 0 Å². The molecule has 10 heteroatoms. The molecule has 0 aromatic rings. The van der Waals surface area contributed by atoms with Crippen LogP contribution in [0.4, 0.5) is 0 Å². The van der Waals surface area contributed by atoms with Crippen LogP contribution in [0.1, 0.15) is 0 Å². The standard InChI is InChI=1S/AsH2O3.Na.H2O3S2/c2-1(3)4;;1-5(2,3)4/h2-3H;;(H2,1,2,3,4)/q-1;+1;. The van der Waals surface area contributed by atoms with E-state index in [0.29, 0.717) is 0 Å². The van der Waals surface area contributed by atoms with E-state index >= 15 is 0 Å². The van der Waals surface area contributed by atoms with Crippen molar-refractivity contribution in [3.05, 3.63) is 0 Å². The van der Waals surface area contributed by atoms with Crippen molar-refractivity contribution in [3.63, 3.8) is 0 Å². The molecule has 0 rings (SSSR count). The fraction of sp³-hybridized carbons (Fsp3) is 0. The van der Waals surface area contributed by atoms with E-state index in [2.05, 4.69) is 11.2 Å². The van der Waals surface area contributed by atoms with Crippen molar-refractivity contribution < 1.29 is 55.2 Å². The molecule has 0 heterocycles. The predicted molar refractivity (Wildman–Crippen MR) is 31.0 cm³/mol. The Bertz CT molecular complexity index is 127. The monoisotopic (exact) mass is 262 g/mol. The van der Waals surface area contributed by atoms with Crippen LogP contribution < -0.4 is 33.7 Å². The Balaban J connectivity index is -0.0000000910. The number of hydrogen-bond acceptors (Lipinski definition) is 5. The summed E-state index contributed by atoms with van der Waals surface area (Å²) in [6.45, 7) is 0. The molecule has 0 aromatic heterocycles. The Morgan fingerprint density at radius 1 is 1.40 bits per heavy atom. The summed E-state index contributed by atoms with van der Waals surface area (Å²) < 4.78 is 47.1. The molecule has 0 atom stereocenters. The fourth-order valence-electron chi connectivity index (χ4n) is 0.